The highest BCUT2D eigenvalue weighted by Gasteiger charge is 2.08. The number of nitrogen functional groups attached to an aromatic ring is 1. The van der Waals surface area contributed by atoms with Crippen LogP contribution in [0.5, 0.6) is 5.88 Å². The third kappa shape index (κ3) is 3.61. The molecule has 0 spiro atoms. The summed E-state index contributed by atoms with van der Waals surface area (Å²) in [5.74, 6) is 1.94. The van der Waals surface area contributed by atoms with Crippen molar-refractivity contribution in [2.75, 3.05) is 24.2 Å². The smallest absolute Gasteiger partial charge is 0.242 e. The first-order chi connectivity index (χ1) is 9.31. The topological polar surface area (TPSA) is 86.2 Å². The highest BCUT2D eigenvalue weighted by Crippen LogP contribution is 2.24. The number of ether oxygens (including phenoxy) is 1. The molecule has 6 nitrogen and oxygen atoms in total. The fourth-order valence-electron chi connectivity index (χ4n) is 1.59. The van der Waals surface area contributed by atoms with E-state index in [1.54, 1.807) is 6.26 Å². The van der Waals surface area contributed by atoms with Gasteiger partial charge in [-0.3, -0.25) is 0 Å². The molecule has 0 radical (unpaired) electrons. The number of nitrogens with one attached hydrogen (secondary N) is 1. The Morgan fingerprint density at radius 3 is 3.05 bits per heavy atom. The number of furan rings is 1. The van der Waals surface area contributed by atoms with Crippen molar-refractivity contribution in [2.24, 2.45) is 0 Å². The minimum absolute atomic E-state index is 0.428. The Bertz CT molecular complexity index is 499. The van der Waals surface area contributed by atoms with Gasteiger partial charge in [-0.15, -0.1) is 0 Å². The van der Waals surface area contributed by atoms with Crippen LogP contribution in [0.1, 0.15) is 19.1 Å². The first-order valence-electron chi connectivity index (χ1n) is 6.30. The summed E-state index contributed by atoms with van der Waals surface area (Å²) < 4.78 is 10.7. The van der Waals surface area contributed by atoms with Crippen molar-refractivity contribution >= 4 is 11.5 Å². The number of hydrogen-bond donors (Lipinski definition) is 2. The SMILES string of the molecule is CCCOc1ncnc(NCCc2ccco2)c1N. The first kappa shape index (κ1) is 13.2. The van der Waals surface area contributed by atoms with Crippen LogP contribution < -0.4 is 15.8 Å². The molecule has 0 aromatic carbocycles. The monoisotopic (exact) mass is 262 g/mol. The summed E-state index contributed by atoms with van der Waals surface area (Å²) in [7, 11) is 0. The van der Waals surface area contributed by atoms with E-state index in [-0.39, 0.29) is 0 Å². The molecule has 102 valence electrons. The van der Waals surface area contributed by atoms with Crippen LogP contribution in [-0.4, -0.2) is 23.1 Å². The Balaban J connectivity index is 1.92. The van der Waals surface area contributed by atoms with Crippen molar-refractivity contribution in [3.8, 4) is 5.88 Å². The zero-order valence-corrected chi connectivity index (χ0v) is 10.9. The van der Waals surface area contributed by atoms with Gasteiger partial charge < -0.3 is 20.2 Å². The molecule has 0 atom stereocenters. The second kappa shape index (κ2) is 6.63. The van der Waals surface area contributed by atoms with Crippen LogP contribution in [0.15, 0.2) is 29.1 Å². The predicted octanol–water partition coefficient (Wildman–Crippen LogP) is 2.10. The number of aromatic nitrogens is 2. The number of hydrogen-bond acceptors (Lipinski definition) is 6. The molecule has 3 N–H and O–H groups in total. The van der Waals surface area contributed by atoms with Gasteiger partial charge in [0.25, 0.3) is 0 Å². The quantitative estimate of drug-likeness (QED) is 0.794. The second-order valence-electron chi connectivity index (χ2n) is 4.05. The van der Waals surface area contributed by atoms with Crippen LogP contribution in [0.25, 0.3) is 0 Å². The van der Waals surface area contributed by atoms with Crippen LogP contribution >= 0.6 is 0 Å². The molecule has 2 rings (SSSR count). The lowest BCUT2D eigenvalue weighted by Gasteiger charge is -2.10. The van der Waals surface area contributed by atoms with E-state index in [1.165, 1.54) is 6.33 Å². The Labute approximate surface area is 112 Å². The maximum atomic E-state index is 5.95. The molecule has 19 heavy (non-hydrogen) atoms. The Morgan fingerprint density at radius 1 is 1.42 bits per heavy atom. The number of anilines is 2. The van der Waals surface area contributed by atoms with E-state index in [9.17, 15) is 0 Å². The van der Waals surface area contributed by atoms with E-state index in [0.29, 0.717) is 30.5 Å². The number of nitrogens with zero attached hydrogens (tertiary/aromatic N) is 2. The van der Waals surface area contributed by atoms with Gasteiger partial charge in [-0.2, -0.15) is 4.98 Å². The lowest BCUT2D eigenvalue weighted by atomic mass is 10.3. The van der Waals surface area contributed by atoms with E-state index < -0.39 is 0 Å². The molecule has 0 amide bonds. The van der Waals surface area contributed by atoms with Gasteiger partial charge in [0.1, 0.15) is 17.8 Å². The molecule has 0 saturated heterocycles. The summed E-state index contributed by atoms with van der Waals surface area (Å²) in [5.41, 5.74) is 6.39. The summed E-state index contributed by atoms with van der Waals surface area (Å²) in [4.78, 5) is 8.13. The van der Waals surface area contributed by atoms with Crippen LogP contribution in [0.2, 0.25) is 0 Å². The van der Waals surface area contributed by atoms with Crippen molar-refractivity contribution in [1.29, 1.82) is 0 Å². The lowest BCUT2D eigenvalue weighted by Crippen LogP contribution is -2.10. The minimum Gasteiger partial charge on any atom is -0.476 e. The van der Waals surface area contributed by atoms with Gasteiger partial charge >= 0.3 is 0 Å². The van der Waals surface area contributed by atoms with Crippen LogP contribution in [0, 0.1) is 0 Å². The first-order valence-corrected chi connectivity index (χ1v) is 6.30. The summed E-state index contributed by atoms with van der Waals surface area (Å²) in [6.07, 6.45) is 4.77. The zero-order valence-electron chi connectivity index (χ0n) is 10.9. The molecular formula is C13H18N4O2. The minimum atomic E-state index is 0.428. The average Bonchev–Trinajstić information content (AvgIpc) is 2.92. The molecule has 0 aliphatic rings. The van der Waals surface area contributed by atoms with E-state index in [1.807, 2.05) is 19.1 Å². The second-order valence-corrected chi connectivity index (χ2v) is 4.05. The maximum Gasteiger partial charge on any atom is 0.242 e. The molecule has 0 unspecified atom stereocenters. The molecule has 0 fully saturated rings. The molecule has 6 heteroatoms. The molecule has 2 aromatic rings. The van der Waals surface area contributed by atoms with Crippen molar-refractivity contribution in [2.45, 2.75) is 19.8 Å². The normalized spacial score (nSPS) is 10.4. The number of rotatable bonds is 7. The van der Waals surface area contributed by atoms with Gasteiger partial charge in [-0.05, 0) is 18.6 Å². The Morgan fingerprint density at radius 2 is 2.32 bits per heavy atom. The van der Waals surface area contributed by atoms with Crippen LogP contribution in [0.3, 0.4) is 0 Å². The molecule has 0 bridgehead atoms. The molecular weight excluding hydrogens is 244 g/mol. The fourth-order valence-corrected chi connectivity index (χ4v) is 1.59. The maximum absolute atomic E-state index is 5.95. The fraction of sp³-hybridized carbons (Fsp3) is 0.385. The van der Waals surface area contributed by atoms with Crippen LogP contribution in [-0.2, 0) is 6.42 Å². The lowest BCUT2D eigenvalue weighted by molar-refractivity contribution is 0.306. The standard InChI is InChI=1S/C13H18N4O2/c1-2-7-19-13-11(14)12(16-9-17-13)15-6-5-10-4-3-8-18-10/h3-4,8-9H,2,5-7,14H2,1H3,(H,15,16,17). The van der Waals surface area contributed by atoms with E-state index in [2.05, 4.69) is 15.3 Å². The third-order valence-electron chi connectivity index (χ3n) is 2.53. The van der Waals surface area contributed by atoms with Gasteiger partial charge in [0, 0.05) is 13.0 Å². The van der Waals surface area contributed by atoms with E-state index >= 15 is 0 Å². The largest absolute Gasteiger partial charge is 0.476 e. The van der Waals surface area contributed by atoms with Crippen molar-refractivity contribution in [1.82, 2.24) is 9.97 Å². The van der Waals surface area contributed by atoms with Crippen molar-refractivity contribution in [3.05, 3.63) is 30.5 Å². The van der Waals surface area contributed by atoms with Gasteiger partial charge in [-0.1, -0.05) is 6.92 Å². The summed E-state index contributed by atoms with van der Waals surface area (Å²) >= 11 is 0. The molecule has 2 aromatic heterocycles. The van der Waals surface area contributed by atoms with E-state index in [4.69, 9.17) is 14.9 Å². The highest BCUT2D eigenvalue weighted by molar-refractivity contribution is 5.66. The summed E-state index contributed by atoms with van der Waals surface area (Å²) in [6, 6.07) is 3.80. The molecule has 0 aliphatic carbocycles. The molecule has 0 aliphatic heterocycles. The highest BCUT2D eigenvalue weighted by atomic mass is 16.5. The number of nitrogens with two attached hydrogens (primary N) is 1. The summed E-state index contributed by atoms with van der Waals surface area (Å²) in [6.45, 7) is 3.30. The Kier molecular flexibility index (Phi) is 4.60. The Hall–Kier alpha value is -2.24. The third-order valence-corrected chi connectivity index (χ3v) is 2.53. The van der Waals surface area contributed by atoms with Crippen molar-refractivity contribution in [3.63, 3.8) is 0 Å². The van der Waals surface area contributed by atoms with Crippen molar-refractivity contribution < 1.29 is 9.15 Å². The van der Waals surface area contributed by atoms with Gasteiger partial charge in [-0.25, -0.2) is 4.98 Å². The van der Waals surface area contributed by atoms with Crippen LogP contribution in [0.4, 0.5) is 11.5 Å². The summed E-state index contributed by atoms with van der Waals surface area (Å²) in [5, 5.41) is 3.15. The van der Waals surface area contributed by atoms with Gasteiger partial charge in [0.05, 0.1) is 12.9 Å². The predicted molar refractivity (Wildman–Crippen MR) is 73.1 cm³/mol. The average molecular weight is 262 g/mol. The van der Waals surface area contributed by atoms with Gasteiger partial charge in [0.2, 0.25) is 5.88 Å². The molecule has 2 heterocycles. The zero-order chi connectivity index (χ0) is 13.5. The molecule has 0 saturated carbocycles. The van der Waals surface area contributed by atoms with Gasteiger partial charge in [0.15, 0.2) is 5.82 Å². The van der Waals surface area contributed by atoms with E-state index in [0.717, 1.165) is 18.6 Å².